The Labute approximate surface area is 188 Å². The van der Waals surface area contributed by atoms with Gasteiger partial charge >= 0.3 is 0 Å². The summed E-state index contributed by atoms with van der Waals surface area (Å²) in [5, 5.41) is 0. The molecule has 6 heteroatoms. The molecule has 2 atom stereocenters. The molecule has 2 aliphatic rings. The zero-order valence-electron chi connectivity index (χ0n) is 19.9. The van der Waals surface area contributed by atoms with Crippen molar-refractivity contribution in [2.75, 3.05) is 23.7 Å². The van der Waals surface area contributed by atoms with Gasteiger partial charge in [0.05, 0.1) is 28.4 Å². The van der Waals surface area contributed by atoms with Gasteiger partial charge in [-0.2, -0.15) is 0 Å². The molecule has 1 saturated heterocycles. The highest BCUT2D eigenvalue weighted by atomic mass is 32.2. The van der Waals surface area contributed by atoms with Crippen molar-refractivity contribution in [2.45, 2.75) is 90.1 Å². The number of nitrogens with zero attached hydrogens (tertiary/aromatic N) is 1. The zero-order valence-corrected chi connectivity index (χ0v) is 20.7. The standard InChI is InChI=1S/C25H40FNO3S/c1-18-15-27(16-19(2)30-18)24-13-12-21(14-23(24)26)9-6-20-7-10-22(11-8-20)17-31(28,29)25(3,4)5/h12-14,18-20,22H,6-11,15-17H2,1-5H3/t18-,19+,20?,22?. The fraction of sp³-hybridized carbons (Fsp3) is 0.760. The maximum Gasteiger partial charge on any atom is 0.155 e. The maximum absolute atomic E-state index is 14.8. The topological polar surface area (TPSA) is 46.6 Å². The minimum atomic E-state index is -3.05. The van der Waals surface area contributed by atoms with Gasteiger partial charge in [-0.25, -0.2) is 12.8 Å². The minimum absolute atomic E-state index is 0.108. The van der Waals surface area contributed by atoms with Crippen molar-refractivity contribution in [3.63, 3.8) is 0 Å². The molecule has 2 fully saturated rings. The van der Waals surface area contributed by atoms with Crippen LogP contribution in [0.2, 0.25) is 0 Å². The maximum atomic E-state index is 14.8. The SMILES string of the molecule is C[C@@H]1CN(c2ccc(CCC3CCC(CS(=O)(=O)C(C)(C)C)CC3)cc2F)C[C@H](C)O1. The van der Waals surface area contributed by atoms with Crippen LogP contribution in [0.5, 0.6) is 0 Å². The summed E-state index contributed by atoms with van der Waals surface area (Å²) in [6, 6.07) is 5.68. The second-order valence-corrected chi connectivity index (χ2v) is 13.6. The van der Waals surface area contributed by atoms with E-state index in [1.165, 1.54) is 0 Å². The summed E-state index contributed by atoms with van der Waals surface area (Å²) in [4.78, 5) is 2.09. The molecule has 0 unspecified atom stereocenters. The third kappa shape index (κ3) is 6.44. The van der Waals surface area contributed by atoms with E-state index in [4.69, 9.17) is 4.74 Å². The van der Waals surface area contributed by atoms with Gasteiger partial charge in [0.15, 0.2) is 9.84 Å². The summed E-state index contributed by atoms with van der Waals surface area (Å²) >= 11 is 0. The Balaban J connectivity index is 1.49. The fourth-order valence-electron chi connectivity index (χ4n) is 4.95. The fourth-order valence-corrected chi connectivity index (χ4v) is 6.41. The van der Waals surface area contributed by atoms with E-state index in [1.54, 1.807) is 26.8 Å². The van der Waals surface area contributed by atoms with Gasteiger partial charge < -0.3 is 9.64 Å². The highest BCUT2D eigenvalue weighted by molar-refractivity contribution is 7.92. The molecule has 0 amide bonds. The van der Waals surface area contributed by atoms with Gasteiger partial charge in [0.2, 0.25) is 0 Å². The number of aryl methyl sites for hydroxylation is 1. The van der Waals surface area contributed by atoms with Crippen LogP contribution in [0.25, 0.3) is 0 Å². The Bertz CT molecular complexity index is 831. The van der Waals surface area contributed by atoms with Crippen LogP contribution in [0.1, 0.15) is 72.3 Å². The van der Waals surface area contributed by atoms with Gasteiger partial charge in [-0.3, -0.25) is 0 Å². The molecule has 0 aromatic heterocycles. The molecule has 176 valence electrons. The van der Waals surface area contributed by atoms with Gasteiger partial charge in [0.25, 0.3) is 0 Å². The molecule has 3 rings (SSSR count). The third-order valence-electron chi connectivity index (χ3n) is 6.97. The van der Waals surface area contributed by atoms with Crippen molar-refractivity contribution in [3.8, 4) is 0 Å². The van der Waals surface area contributed by atoms with Crippen LogP contribution in [0, 0.1) is 17.7 Å². The number of rotatable bonds is 6. The molecule has 0 bridgehead atoms. The van der Waals surface area contributed by atoms with Crippen molar-refractivity contribution in [2.24, 2.45) is 11.8 Å². The number of ether oxygens (including phenoxy) is 1. The summed E-state index contributed by atoms with van der Waals surface area (Å²) in [5.74, 6) is 1.07. The number of morpholine rings is 1. The Morgan fingerprint density at radius 2 is 1.61 bits per heavy atom. The second kappa shape index (κ2) is 9.78. The number of anilines is 1. The number of hydrogen-bond donors (Lipinski definition) is 0. The normalized spacial score (nSPS) is 28.0. The smallest absolute Gasteiger partial charge is 0.155 e. The highest BCUT2D eigenvalue weighted by Gasteiger charge is 2.33. The largest absolute Gasteiger partial charge is 0.372 e. The van der Waals surface area contributed by atoms with Crippen LogP contribution < -0.4 is 4.90 Å². The zero-order chi connectivity index (χ0) is 22.8. The van der Waals surface area contributed by atoms with Crippen molar-refractivity contribution in [1.82, 2.24) is 0 Å². The molecule has 0 radical (unpaired) electrons. The van der Waals surface area contributed by atoms with E-state index in [0.717, 1.165) is 57.2 Å². The van der Waals surface area contributed by atoms with E-state index in [2.05, 4.69) is 11.0 Å². The Kier molecular flexibility index (Phi) is 7.73. The van der Waals surface area contributed by atoms with E-state index >= 15 is 0 Å². The third-order valence-corrected chi connectivity index (χ3v) is 9.74. The van der Waals surface area contributed by atoms with Crippen LogP contribution in [-0.4, -0.2) is 44.2 Å². The van der Waals surface area contributed by atoms with Crippen LogP contribution in [0.4, 0.5) is 10.1 Å². The molecule has 1 aliphatic carbocycles. The van der Waals surface area contributed by atoms with Gasteiger partial charge in [-0.05, 0) is 89.8 Å². The summed E-state index contributed by atoms with van der Waals surface area (Å²) < 4.78 is 44.9. The molecule has 0 spiro atoms. The first-order valence-corrected chi connectivity index (χ1v) is 13.5. The molecule has 1 aromatic rings. The first-order chi connectivity index (χ1) is 14.4. The van der Waals surface area contributed by atoms with Gasteiger partial charge in [-0.1, -0.05) is 18.9 Å². The number of halogens is 1. The number of benzene rings is 1. The summed E-state index contributed by atoms with van der Waals surface area (Å²) in [6.45, 7) is 10.9. The lowest BCUT2D eigenvalue weighted by atomic mass is 9.80. The molecule has 31 heavy (non-hydrogen) atoms. The van der Waals surface area contributed by atoms with E-state index in [0.29, 0.717) is 17.4 Å². The lowest BCUT2D eigenvalue weighted by Crippen LogP contribution is -2.45. The Hall–Kier alpha value is -1.14. The molecule has 1 aliphatic heterocycles. The Morgan fingerprint density at radius 1 is 1.03 bits per heavy atom. The van der Waals surface area contributed by atoms with Crippen LogP contribution in [-0.2, 0) is 21.0 Å². The van der Waals surface area contributed by atoms with Gasteiger partial charge in [0, 0.05) is 13.1 Å². The van der Waals surface area contributed by atoms with Gasteiger partial charge in [0.1, 0.15) is 5.82 Å². The second-order valence-electron chi connectivity index (χ2n) is 10.8. The van der Waals surface area contributed by atoms with E-state index in [9.17, 15) is 12.8 Å². The first-order valence-electron chi connectivity index (χ1n) is 11.9. The molecular formula is C25H40FNO3S. The molecule has 1 aromatic carbocycles. The number of sulfone groups is 1. The molecule has 1 heterocycles. The quantitative estimate of drug-likeness (QED) is 0.579. The Morgan fingerprint density at radius 3 is 2.16 bits per heavy atom. The number of hydrogen-bond acceptors (Lipinski definition) is 4. The molecule has 0 N–H and O–H groups in total. The molecule has 4 nitrogen and oxygen atoms in total. The van der Waals surface area contributed by atoms with Crippen molar-refractivity contribution in [3.05, 3.63) is 29.6 Å². The molecular weight excluding hydrogens is 413 g/mol. The summed E-state index contributed by atoms with van der Waals surface area (Å²) in [5.41, 5.74) is 1.72. The van der Waals surface area contributed by atoms with Crippen LogP contribution in [0.15, 0.2) is 18.2 Å². The predicted octanol–water partition coefficient (Wildman–Crippen LogP) is 5.39. The lowest BCUT2D eigenvalue weighted by Gasteiger charge is -2.37. The summed E-state index contributed by atoms with van der Waals surface area (Å²) in [7, 11) is -3.05. The molecule has 1 saturated carbocycles. The van der Waals surface area contributed by atoms with Crippen molar-refractivity contribution >= 4 is 15.5 Å². The van der Waals surface area contributed by atoms with E-state index < -0.39 is 14.6 Å². The van der Waals surface area contributed by atoms with Crippen molar-refractivity contribution in [1.29, 1.82) is 0 Å². The average Bonchev–Trinajstić information content (AvgIpc) is 2.65. The minimum Gasteiger partial charge on any atom is -0.372 e. The lowest BCUT2D eigenvalue weighted by molar-refractivity contribution is -0.00539. The highest BCUT2D eigenvalue weighted by Crippen LogP contribution is 2.34. The monoisotopic (exact) mass is 453 g/mol. The predicted molar refractivity (Wildman–Crippen MR) is 126 cm³/mol. The average molecular weight is 454 g/mol. The van der Waals surface area contributed by atoms with Crippen molar-refractivity contribution < 1.29 is 17.5 Å². The van der Waals surface area contributed by atoms with Crippen LogP contribution in [0.3, 0.4) is 0 Å². The summed E-state index contributed by atoms with van der Waals surface area (Å²) in [6.07, 6.45) is 6.27. The van der Waals surface area contributed by atoms with Crippen LogP contribution >= 0.6 is 0 Å². The van der Waals surface area contributed by atoms with E-state index in [1.807, 2.05) is 19.9 Å². The van der Waals surface area contributed by atoms with Gasteiger partial charge in [-0.15, -0.1) is 0 Å². The van der Waals surface area contributed by atoms with E-state index in [-0.39, 0.29) is 23.9 Å². The first kappa shape index (κ1) is 24.5.